The summed E-state index contributed by atoms with van der Waals surface area (Å²) in [5, 5.41) is 7.85. The lowest BCUT2D eigenvalue weighted by molar-refractivity contribution is 0.458. The Hall–Kier alpha value is -0.900. The fraction of sp³-hybridized carbons (Fsp3) is 0.818. The van der Waals surface area contributed by atoms with Crippen LogP contribution in [0.5, 0.6) is 0 Å². The zero-order chi connectivity index (χ0) is 10.7. The molecule has 0 saturated carbocycles. The summed E-state index contributed by atoms with van der Waals surface area (Å²) in [5.74, 6) is 2.79. The van der Waals surface area contributed by atoms with Gasteiger partial charge in [-0.15, -0.1) is 0 Å². The Kier molecular flexibility index (Phi) is 3.36. The fourth-order valence-electron chi connectivity index (χ4n) is 2.17. The van der Waals surface area contributed by atoms with Crippen molar-refractivity contribution in [3.63, 3.8) is 0 Å². The summed E-state index contributed by atoms with van der Waals surface area (Å²) in [7, 11) is 1.96. The SMILES string of the molecule is Cc1nc(CC2CCCNCC2)nn1C. The third-order valence-corrected chi connectivity index (χ3v) is 3.19. The molecule has 1 N–H and O–H groups in total. The van der Waals surface area contributed by atoms with Crippen LogP contribution in [0.2, 0.25) is 0 Å². The number of rotatable bonds is 2. The Balaban J connectivity index is 1.95. The average Bonchev–Trinajstić information content (AvgIpc) is 2.45. The summed E-state index contributed by atoms with van der Waals surface area (Å²) in [6.45, 7) is 4.33. The summed E-state index contributed by atoms with van der Waals surface area (Å²) < 4.78 is 1.87. The highest BCUT2D eigenvalue weighted by Gasteiger charge is 2.15. The predicted molar refractivity (Wildman–Crippen MR) is 59.7 cm³/mol. The van der Waals surface area contributed by atoms with Gasteiger partial charge in [0.2, 0.25) is 0 Å². The molecule has 2 heterocycles. The normalized spacial score (nSPS) is 22.7. The molecule has 1 aliphatic heterocycles. The highest BCUT2D eigenvalue weighted by Crippen LogP contribution is 2.17. The van der Waals surface area contributed by atoms with Gasteiger partial charge < -0.3 is 5.32 Å². The fourth-order valence-corrected chi connectivity index (χ4v) is 2.17. The first-order valence-corrected chi connectivity index (χ1v) is 5.83. The van der Waals surface area contributed by atoms with E-state index in [0.717, 1.165) is 30.5 Å². The molecule has 1 saturated heterocycles. The first-order chi connectivity index (χ1) is 7.25. The second kappa shape index (κ2) is 4.75. The molecule has 0 amide bonds. The Morgan fingerprint density at radius 3 is 3.00 bits per heavy atom. The van der Waals surface area contributed by atoms with Crippen LogP contribution in [0, 0.1) is 12.8 Å². The molecule has 0 bridgehead atoms. The molecule has 1 aliphatic rings. The van der Waals surface area contributed by atoms with E-state index in [1.807, 2.05) is 18.7 Å². The largest absolute Gasteiger partial charge is 0.317 e. The molecule has 4 nitrogen and oxygen atoms in total. The zero-order valence-electron chi connectivity index (χ0n) is 9.66. The number of aryl methyl sites for hydroxylation is 2. The van der Waals surface area contributed by atoms with Crippen molar-refractivity contribution in [2.24, 2.45) is 13.0 Å². The minimum atomic E-state index is 0.766. The molecule has 0 radical (unpaired) electrons. The highest BCUT2D eigenvalue weighted by molar-refractivity contribution is 4.92. The van der Waals surface area contributed by atoms with E-state index in [4.69, 9.17) is 0 Å². The monoisotopic (exact) mass is 208 g/mol. The molecule has 1 atom stereocenters. The van der Waals surface area contributed by atoms with Crippen LogP contribution in [0.1, 0.15) is 30.9 Å². The van der Waals surface area contributed by atoms with E-state index < -0.39 is 0 Å². The summed E-state index contributed by atoms with van der Waals surface area (Å²) >= 11 is 0. The van der Waals surface area contributed by atoms with E-state index in [2.05, 4.69) is 15.4 Å². The van der Waals surface area contributed by atoms with Crippen LogP contribution in [0.3, 0.4) is 0 Å². The molecule has 0 spiro atoms. The standard InChI is InChI=1S/C11H20N4/c1-9-13-11(14-15(9)2)8-10-4-3-6-12-7-5-10/h10,12H,3-8H2,1-2H3. The molecular weight excluding hydrogens is 188 g/mol. The average molecular weight is 208 g/mol. The predicted octanol–water partition coefficient (Wildman–Crippen LogP) is 1.06. The van der Waals surface area contributed by atoms with Crippen molar-refractivity contribution >= 4 is 0 Å². The third-order valence-electron chi connectivity index (χ3n) is 3.19. The molecule has 1 aromatic rings. The van der Waals surface area contributed by atoms with Crippen molar-refractivity contribution in [2.75, 3.05) is 13.1 Å². The van der Waals surface area contributed by atoms with Crippen molar-refractivity contribution < 1.29 is 0 Å². The quantitative estimate of drug-likeness (QED) is 0.790. The summed E-state index contributed by atoms with van der Waals surface area (Å²) in [6, 6.07) is 0. The molecule has 84 valence electrons. The lowest BCUT2D eigenvalue weighted by Crippen LogP contribution is -2.14. The van der Waals surface area contributed by atoms with Crippen molar-refractivity contribution in [2.45, 2.75) is 32.6 Å². The van der Waals surface area contributed by atoms with Crippen LogP contribution >= 0.6 is 0 Å². The molecule has 0 aromatic carbocycles. The highest BCUT2D eigenvalue weighted by atomic mass is 15.3. The minimum absolute atomic E-state index is 0.766. The molecule has 1 unspecified atom stereocenters. The van der Waals surface area contributed by atoms with Gasteiger partial charge in [-0.1, -0.05) is 0 Å². The molecule has 1 fully saturated rings. The smallest absolute Gasteiger partial charge is 0.151 e. The summed E-state index contributed by atoms with van der Waals surface area (Å²) in [6.07, 6.45) is 4.90. The van der Waals surface area contributed by atoms with Gasteiger partial charge in [-0.25, -0.2) is 4.98 Å². The molecule has 2 rings (SSSR count). The van der Waals surface area contributed by atoms with Crippen molar-refractivity contribution in [3.8, 4) is 0 Å². The first-order valence-electron chi connectivity index (χ1n) is 5.83. The van der Waals surface area contributed by atoms with E-state index in [0.29, 0.717) is 0 Å². The Morgan fingerprint density at radius 1 is 1.40 bits per heavy atom. The van der Waals surface area contributed by atoms with Crippen LogP contribution in [-0.4, -0.2) is 27.9 Å². The van der Waals surface area contributed by atoms with E-state index in [-0.39, 0.29) is 0 Å². The maximum Gasteiger partial charge on any atom is 0.151 e. The van der Waals surface area contributed by atoms with E-state index in [1.165, 1.54) is 25.8 Å². The topological polar surface area (TPSA) is 42.7 Å². The van der Waals surface area contributed by atoms with E-state index in [1.54, 1.807) is 0 Å². The molecular formula is C11H20N4. The van der Waals surface area contributed by atoms with Gasteiger partial charge in [-0.2, -0.15) is 5.10 Å². The van der Waals surface area contributed by atoms with Gasteiger partial charge in [-0.3, -0.25) is 4.68 Å². The maximum atomic E-state index is 4.47. The second-order valence-electron chi connectivity index (χ2n) is 4.45. The first kappa shape index (κ1) is 10.6. The number of aromatic nitrogens is 3. The van der Waals surface area contributed by atoms with Crippen LogP contribution in [-0.2, 0) is 13.5 Å². The number of hydrogen-bond donors (Lipinski definition) is 1. The minimum Gasteiger partial charge on any atom is -0.317 e. The third kappa shape index (κ3) is 2.78. The Labute approximate surface area is 91.1 Å². The van der Waals surface area contributed by atoms with Crippen molar-refractivity contribution in [1.82, 2.24) is 20.1 Å². The number of nitrogens with zero attached hydrogens (tertiary/aromatic N) is 3. The van der Waals surface area contributed by atoms with E-state index in [9.17, 15) is 0 Å². The van der Waals surface area contributed by atoms with Crippen LogP contribution < -0.4 is 5.32 Å². The van der Waals surface area contributed by atoms with Crippen molar-refractivity contribution in [1.29, 1.82) is 0 Å². The van der Waals surface area contributed by atoms with Gasteiger partial charge in [-0.05, 0) is 45.2 Å². The molecule has 15 heavy (non-hydrogen) atoms. The lowest BCUT2D eigenvalue weighted by Gasteiger charge is -2.10. The zero-order valence-corrected chi connectivity index (χ0v) is 9.66. The molecule has 0 aliphatic carbocycles. The van der Waals surface area contributed by atoms with Gasteiger partial charge in [0, 0.05) is 13.5 Å². The van der Waals surface area contributed by atoms with Gasteiger partial charge in [0.15, 0.2) is 5.82 Å². The lowest BCUT2D eigenvalue weighted by atomic mass is 9.97. The summed E-state index contributed by atoms with van der Waals surface area (Å²) in [5.41, 5.74) is 0. The van der Waals surface area contributed by atoms with E-state index >= 15 is 0 Å². The van der Waals surface area contributed by atoms with Gasteiger partial charge >= 0.3 is 0 Å². The Bertz CT molecular complexity index is 291. The number of hydrogen-bond acceptors (Lipinski definition) is 3. The second-order valence-corrected chi connectivity index (χ2v) is 4.45. The van der Waals surface area contributed by atoms with Crippen LogP contribution in [0.4, 0.5) is 0 Å². The molecule has 1 aromatic heterocycles. The van der Waals surface area contributed by atoms with Gasteiger partial charge in [0.05, 0.1) is 0 Å². The summed E-state index contributed by atoms with van der Waals surface area (Å²) in [4.78, 5) is 4.47. The Morgan fingerprint density at radius 2 is 2.27 bits per heavy atom. The van der Waals surface area contributed by atoms with Crippen LogP contribution in [0.15, 0.2) is 0 Å². The molecule has 4 heteroatoms. The van der Waals surface area contributed by atoms with Gasteiger partial charge in [0.25, 0.3) is 0 Å². The number of nitrogens with one attached hydrogen (secondary N) is 1. The maximum absolute atomic E-state index is 4.47. The van der Waals surface area contributed by atoms with Crippen LogP contribution in [0.25, 0.3) is 0 Å². The van der Waals surface area contributed by atoms with Crippen molar-refractivity contribution in [3.05, 3.63) is 11.6 Å². The van der Waals surface area contributed by atoms with Gasteiger partial charge in [0.1, 0.15) is 5.82 Å².